The quantitative estimate of drug-likeness (QED) is 0.509. The molecular formula is C21H17N5OS. The van der Waals surface area contributed by atoms with Crippen molar-refractivity contribution in [1.82, 2.24) is 24.4 Å². The molecule has 4 heterocycles. The Labute approximate surface area is 165 Å². The number of thiophene rings is 1. The Bertz CT molecular complexity index is 1290. The van der Waals surface area contributed by atoms with Crippen molar-refractivity contribution in [3.63, 3.8) is 0 Å². The third-order valence-electron chi connectivity index (χ3n) is 4.85. The van der Waals surface area contributed by atoms with Crippen LogP contribution in [0.4, 0.5) is 0 Å². The molecule has 0 aliphatic carbocycles. The average Bonchev–Trinajstić information content (AvgIpc) is 3.44. The topological polar surface area (TPSA) is 64.7 Å². The molecule has 0 saturated carbocycles. The van der Waals surface area contributed by atoms with Crippen molar-refractivity contribution in [2.24, 2.45) is 7.05 Å². The van der Waals surface area contributed by atoms with Crippen LogP contribution >= 0.6 is 11.3 Å². The van der Waals surface area contributed by atoms with Crippen LogP contribution in [-0.2, 0) is 13.6 Å². The molecule has 6 nitrogen and oxygen atoms in total. The highest BCUT2D eigenvalue weighted by molar-refractivity contribution is 7.09. The zero-order valence-electron chi connectivity index (χ0n) is 15.2. The van der Waals surface area contributed by atoms with Gasteiger partial charge in [0.2, 0.25) is 5.95 Å². The molecule has 7 heteroatoms. The summed E-state index contributed by atoms with van der Waals surface area (Å²) in [6.45, 7) is 0.494. The van der Waals surface area contributed by atoms with E-state index in [1.54, 1.807) is 29.8 Å². The van der Waals surface area contributed by atoms with Gasteiger partial charge in [-0.25, -0.2) is 9.97 Å². The first-order chi connectivity index (χ1) is 13.7. The van der Waals surface area contributed by atoms with Crippen molar-refractivity contribution in [3.05, 3.63) is 76.9 Å². The van der Waals surface area contributed by atoms with Gasteiger partial charge in [-0.2, -0.15) is 0 Å². The summed E-state index contributed by atoms with van der Waals surface area (Å²) in [7, 11) is 2.01. The first-order valence-corrected chi connectivity index (χ1v) is 9.79. The predicted molar refractivity (Wildman–Crippen MR) is 111 cm³/mol. The summed E-state index contributed by atoms with van der Waals surface area (Å²) >= 11 is 1.62. The molecule has 5 rings (SSSR count). The minimum Gasteiger partial charge on any atom is -0.346 e. The Hall–Kier alpha value is -3.45. The van der Waals surface area contributed by atoms with Gasteiger partial charge >= 0.3 is 0 Å². The summed E-state index contributed by atoms with van der Waals surface area (Å²) in [6.07, 6.45) is 3.37. The Morgan fingerprint density at radius 2 is 1.89 bits per heavy atom. The van der Waals surface area contributed by atoms with Crippen LogP contribution in [0.1, 0.15) is 15.4 Å². The second-order valence-corrected chi connectivity index (χ2v) is 7.52. The van der Waals surface area contributed by atoms with E-state index in [9.17, 15) is 4.79 Å². The zero-order chi connectivity index (χ0) is 19.1. The molecule has 0 aliphatic rings. The molecule has 0 atom stereocenters. The van der Waals surface area contributed by atoms with E-state index < -0.39 is 0 Å². The van der Waals surface area contributed by atoms with Gasteiger partial charge < -0.3 is 9.88 Å². The number of nitrogens with one attached hydrogen (secondary N) is 1. The van der Waals surface area contributed by atoms with E-state index in [4.69, 9.17) is 0 Å². The molecule has 0 fully saturated rings. The number of aromatic nitrogens is 4. The van der Waals surface area contributed by atoms with Gasteiger partial charge in [-0.15, -0.1) is 11.3 Å². The maximum atomic E-state index is 13.1. The van der Waals surface area contributed by atoms with Crippen LogP contribution < -0.4 is 5.32 Å². The number of aryl methyl sites for hydroxylation is 1. The summed E-state index contributed by atoms with van der Waals surface area (Å²) in [6, 6.07) is 15.8. The highest BCUT2D eigenvalue weighted by Gasteiger charge is 2.23. The minimum atomic E-state index is -0.152. The van der Waals surface area contributed by atoms with Gasteiger partial charge in [0.25, 0.3) is 5.91 Å². The van der Waals surface area contributed by atoms with Crippen LogP contribution in [0, 0.1) is 0 Å². The van der Waals surface area contributed by atoms with Gasteiger partial charge in [-0.3, -0.25) is 9.36 Å². The molecule has 0 spiro atoms. The first kappa shape index (κ1) is 16.7. The van der Waals surface area contributed by atoms with Gasteiger partial charge in [-0.1, -0.05) is 24.3 Å². The summed E-state index contributed by atoms with van der Waals surface area (Å²) in [5.74, 6) is 0.330. The monoisotopic (exact) mass is 387 g/mol. The summed E-state index contributed by atoms with van der Waals surface area (Å²) < 4.78 is 3.95. The maximum Gasteiger partial charge on any atom is 0.268 e. The van der Waals surface area contributed by atoms with E-state index in [1.807, 2.05) is 47.3 Å². The van der Waals surface area contributed by atoms with Gasteiger partial charge in [0.1, 0.15) is 5.69 Å². The van der Waals surface area contributed by atoms with Crippen LogP contribution in [0.15, 0.2) is 66.3 Å². The SMILES string of the molecule is Cn1c2ccccc2c2c1cc(C(=O)NCc1cccs1)n2-c1ncccn1. The molecule has 1 N–H and O–H groups in total. The van der Waals surface area contributed by atoms with E-state index in [2.05, 4.69) is 32.0 Å². The number of hydrogen-bond acceptors (Lipinski definition) is 4. The minimum absolute atomic E-state index is 0.152. The van der Waals surface area contributed by atoms with E-state index in [0.29, 0.717) is 18.2 Å². The Morgan fingerprint density at radius 3 is 2.68 bits per heavy atom. The number of rotatable bonds is 4. The molecule has 0 unspecified atom stereocenters. The lowest BCUT2D eigenvalue weighted by atomic mass is 10.2. The molecule has 138 valence electrons. The molecule has 1 amide bonds. The van der Waals surface area contributed by atoms with E-state index in [-0.39, 0.29) is 5.91 Å². The first-order valence-electron chi connectivity index (χ1n) is 8.91. The number of amides is 1. The zero-order valence-corrected chi connectivity index (χ0v) is 16.0. The molecule has 4 aromatic heterocycles. The van der Waals surface area contributed by atoms with Crippen molar-refractivity contribution >= 4 is 39.2 Å². The van der Waals surface area contributed by atoms with Crippen molar-refractivity contribution in [3.8, 4) is 5.95 Å². The fraction of sp³-hybridized carbons (Fsp3) is 0.0952. The molecule has 0 aliphatic heterocycles. The molecule has 0 bridgehead atoms. The van der Waals surface area contributed by atoms with E-state index in [0.717, 1.165) is 26.8 Å². The van der Waals surface area contributed by atoms with Crippen molar-refractivity contribution < 1.29 is 4.79 Å². The molecular weight excluding hydrogens is 370 g/mol. The smallest absolute Gasteiger partial charge is 0.268 e. The van der Waals surface area contributed by atoms with Crippen LogP contribution in [0.3, 0.4) is 0 Å². The fourth-order valence-corrected chi connectivity index (χ4v) is 4.20. The number of fused-ring (bicyclic) bond motifs is 3. The third-order valence-corrected chi connectivity index (χ3v) is 5.73. The molecule has 0 saturated heterocycles. The Balaban J connectivity index is 1.70. The summed E-state index contributed by atoms with van der Waals surface area (Å²) in [4.78, 5) is 23.0. The molecule has 0 radical (unpaired) electrons. The molecule has 28 heavy (non-hydrogen) atoms. The van der Waals surface area contributed by atoms with Crippen LogP contribution in [0.5, 0.6) is 0 Å². The molecule has 1 aromatic carbocycles. The van der Waals surface area contributed by atoms with Gasteiger partial charge in [0, 0.05) is 29.7 Å². The largest absolute Gasteiger partial charge is 0.346 e. The van der Waals surface area contributed by atoms with Crippen molar-refractivity contribution in [2.75, 3.05) is 0 Å². The summed E-state index contributed by atoms with van der Waals surface area (Å²) in [5, 5.41) is 6.08. The third kappa shape index (κ3) is 2.59. The van der Waals surface area contributed by atoms with Crippen LogP contribution in [-0.4, -0.2) is 25.0 Å². The Morgan fingerprint density at radius 1 is 1.07 bits per heavy atom. The number of carbonyl (C=O) groups excluding carboxylic acids is 1. The van der Waals surface area contributed by atoms with Gasteiger partial charge in [0.05, 0.1) is 23.1 Å². The number of benzene rings is 1. The highest BCUT2D eigenvalue weighted by Crippen LogP contribution is 2.32. The lowest BCUT2D eigenvalue weighted by molar-refractivity contribution is 0.0944. The van der Waals surface area contributed by atoms with E-state index in [1.165, 1.54) is 0 Å². The number of carbonyl (C=O) groups is 1. The fourth-order valence-electron chi connectivity index (χ4n) is 3.56. The van der Waals surface area contributed by atoms with Gasteiger partial charge in [-0.05, 0) is 29.6 Å². The molecule has 5 aromatic rings. The number of para-hydroxylation sites is 1. The lowest BCUT2D eigenvalue weighted by Gasteiger charge is -2.09. The Kier molecular flexibility index (Phi) is 3.95. The van der Waals surface area contributed by atoms with Crippen LogP contribution in [0.2, 0.25) is 0 Å². The van der Waals surface area contributed by atoms with Gasteiger partial charge in [0.15, 0.2) is 0 Å². The standard InChI is InChI=1S/C21H17N5OS/c1-25-16-8-3-2-7-15(16)19-17(25)12-18(26(19)21-22-9-5-10-23-21)20(27)24-13-14-6-4-11-28-14/h2-12H,13H2,1H3,(H,24,27). The van der Waals surface area contributed by atoms with Crippen LogP contribution in [0.25, 0.3) is 27.9 Å². The van der Waals surface area contributed by atoms with Crippen molar-refractivity contribution in [2.45, 2.75) is 6.54 Å². The van der Waals surface area contributed by atoms with Crippen molar-refractivity contribution in [1.29, 1.82) is 0 Å². The summed E-state index contributed by atoms with van der Waals surface area (Å²) in [5.41, 5.74) is 3.53. The second kappa shape index (κ2) is 6.61. The average molecular weight is 387 g/mol. The maximum absolute atomic E-state index is 13.1. The number of nitrogens with zero attached hydrogens (tertiary/aromatic N) is 4. The predicted octanol–water partition coefficient (Wildman–Crippen LogP) is 3.90. The highest BCUT2D eigenvalue weighted by atomic mass is 32.1. The normalized spacial score (nSPS) is 11.3. The van der Waals surface area contributed by atoms with E-state index >= 15 is 0 Å². The lowest BCUT2D eigenvalue weighted by Crippen LogP contribution is -2.25. The number of hydrogen-bond donors (Lipinski definition) is 1. The second-order valence-electron chi connectivity index (χ2n) is 6.49.